The van der Waals surface area contributed by atoms with Gasteiger partial charge in [-0.3, -0.25) is 0 Å². The van der Waals surface area contributed by atoms with Crippen LogP contribution in [-0.2, 0) is 12.8 Å². The molecule has 0 spiro atoms. The topological polar surface area (TPSA) is 20.6 Å². The van der Waals surface area contributed by atoms with Gasteiger partial charge in [-0.2, -0.15) is 0 Å². The summed E-state index contributed by atoms with van der Waals surface area (Å²) >= 11 is 2.44. The van der Waals surface area contributed by atoms with Crippen LogP contribution in [0.1, 0.15) is 61.8 Å². The number of anilines is 6. The van der Waals surface area contributed by atoms with E-state index in [0.29, 0.717) is 0 Å². The first-order chi connectivity index (χ1) is 37.8. The van der Waals surface area contributed by atoms with Crippen LogP contribution in [0.5, 0.6) is 11.5 Å². The molecule has 7 heteroatoms. The van der Waals surface area contributed by atoms with Crippen molar-refractivity contribution < 1.29 is 4.74 Å². The third-order valence-electron chi connectivity index (χ3n) is 17.2. The molecule has 0 N–H and O–H groups in total. The summed E-state index contributed by atoms with van der Waals surface area (Å²) in [5.74, 6) is 1.83. The summed E-state index contributed by atoms with van der Waals surface area (Å²) in [4.78, 5) is 5.11. The molecule has 0 radical (unpaired) electrons. The predicted octanol–water partition coefficient (Wildman–Crippen LogP) is 15.0. The number of aromatic nitrogens is 1. The van der Waals surface area contributed by atoms with Gasteiger partial charge in [0.25, 0.3) is 13.4 Å². The Labute approximate surface area is 466 Å². The molecule has 4 nitrogen and oxygen atoms in total. The van der Waals surface area contributed by atoms with Crippen molar-refractivity contribution in [2.45, 2.75) is 66.2 Å². The minimum atomic E-state index is -0.0741. The van der Waals surface area contributed by atoms with E-state index in [1.165, 1.54) is 151 Å². The van der Waals surface area contributed by atoms with Gasteiger partial charge in [0.05, 0.1) is 5.52 Å². The monoisotopic (exact) mass is 1100 g/mol. The van der Waals surface area contributed by atoms with Crippen molar-refractivity contribution in [1.29, 1.82) is 0 Å². The summed E-state index contributed by atoms with van der Waals surface area (Å²) in [6.45, 7) is 9.00. The quantitative estimate of drug-likeness (QED) is 0.101. The molecule has 370 valence electrons. The molecule has 0 aliphatic carbocycles. The molecule has 0 unspecified atom stereocenters. The number of hydrogen-bond acceptors (Lipinski definition) is 3. The Bertz CT molecular complexity index is 4210. The largest absolute Gasteiger partial charge is 0.458 e. The Kier molecular flexibility index (Phi) is 11.0. The minimum absolute atomic E-state index is 0.0738. The number of benzene rings is 10. The van der Waals surface area contributed by atoms with Crippen LogP contribution in [0.25, 0.3) is 49.7 Å². The van der Waals surface area contributed by atoms with Crippen LogP contribution < -0.4 is 47.3 Å². The molecule has 77 heavy (non-hydrogen) atoms. The Hall–Kier alpha value is -7.74. The van der Waals surface area contributed by atoms with Gasteiger partial charge in [0.15, 0.2) is 0 Å². The van der Waals surface area contributed by atoms with Crippen LogP contribution in [0.15, 0.2) is 194 Å². The zero-order valence-electron chi connectivity index (χ0n) is 44.0. The van der Waals surface area contributed by atoms with Crippen LogP contribution in [0.2, 0.25) is 0 Å². The highest BCUT2D eigenvalue weighted by Gasteiger charge is 2.47. The smallest absolute Gasteiger partial charge is 0.256 e. The Morgan fingerprint density at radius 1 is 0.442 bits per heavy atom. The Morgan fingerprint density at radius 3 is 1.77 bits per heavy atom. The molecule has 0 amide bonds. The Morgan fingerprint density at radius 2 is 1.06 bits per heavy atom. The van der Waals surface area contributed by atoms with Crippen LogP contribution in [-0.4, -0.2) is 18.0 Å². The van der Waals surface area contributed by atoms with E-state index in [1.807, 2.05) is 0 Å². The first-order valence-corrected chi connectivity index (χ1v) is 28.9. The number of ether oxygens (including phenoxy) is 1. The zero-order chi connectivity index (χ0) is 51.6. The molecule has 15 rings (SSSR count). The van der Waals surface area contributed by atoms with Gasteiger partial charge in [-0.15, -0.1) is 0 Å². The lowest BCUT2D eigenvalue weighted by molar-refractivity contribution is 0.487. The van der Waals surface area contributed by atoms with E-state index in [1.54, 1.807) is 0 Å². The zero-order valence-corrected chi connectivity index (χ0v) is 46.2. The SMILES string of the molecule is CCCCc1ccc(N2c3ccc(C)cc3B3c4cc5c(cc4N(c4ccc(I)cc4)c4cc(-c6ccccc6)cc2c43)Oc2cc(-c3ccccc3)cc3c2B5c2c(C)ccc4c5cc(CCCC)ccc5n-3c24)cc1. The van der Waals surface area contributed by atoms with E-state index in [2.05, 4.69) is 259 Å². The van der Waals surface area contributed by atoms with E-state index in [0.717, 1.165) is 41.3 Å². The number of nitrogens with zero attached hydrogens (tertiary/aromatic N) is 3. The summed E-state index contributed by atoms with van der Waals surface area (Å²) < 4.78 is 11.4. The van der Waals surface area contributed by atoms with E-state index in [9.17, 15) is 0 Å². The standard InChI is InChI=1S/C70H56B2IN3O/c1-5-7-15-45-23-28-52(29-24-45)74-60-33-21-43(3)35-56(60)71-57-41-58-65(42-61(57)75(53-30-26-51(73)27-31-53)63-38-49(37-62(74)68(63)71)47-17-11-9-12-18-47)77-66-40-50(48-19-13-10-14-20-48)39-64-69(66)72(58)67-44(4)22-32-54-55-36-46(16-8-6-2)25-34-59(55)76(64)70(54)67/h9-14,17-42H,5-8,15-16H2,1-4H3. The van der Waals surface area contributed by atoms with Gasteiger partial charge in [0.1, 0.15) is 11.5 Å². The summed E-state index contributed by atoms with van der Waals surface area (Å²) in [5, 5.41) is 2.63. The number of hydrogen-bond donors (Lipinski definition) is 0. The van der Waals surface area contributed by atoms with Crippen LogP contribution in [0, 0.1) is 17.4 Å². The third kappa shape index (κ3) is 7.25. The second kappa shape index (κ2) is 18.2. The highest BCUT2D eigenvalue weighted by Crippen LogP contribution is 2.48. The second-order valence-electron chi connectivity index (χ2n) is 21.9. The third-order valence-corrected chi connectivity index (χ3v) is 17.9. The van der Waals surface area contributed by atoms with E-state index in [-0.39, 0.29) is 13.4 Å². The van der Waals surface area contributed by atoms with Gasteiger partial charge in [0.2, 0.25) is 0 Å². The van der Waals surface area contributed by atoms with Crippen molar-refractivity contribution in [2.75, 3.05) is 9.80 Å². The number of rotatable bonds is 10. The summed E-state index contributed by atoms with van der Waals surface area (Å²) in [6, 6.07) is 74.1. The number of fused-ring (bicyclic) bond motifs is 11. The van der Waals surface area contributed by atoms with Crippen LogP contribution in [0.4, 0.5) is 34.1 Å². The maximum Gasteiger partial charge on any atom is 0.256 e. The van der Waals surface area contributed by atoms with Crippen molar-refractivity contribution in [1.82, 2.24) is 4.57 Å². The molecule has 1 aromatic heterocycles. The lowest BCUT2D eigenvalue weighted by atomic mass is 9.30. The average Bonchev–Trinajstić information content (AvgIpc) is 4.03. The maximum absolute atomic E-state index is 7.59. The van der Waals surface area contributed by atoms with E-state index in [4.69, 9.17) is 4.74 Å². The fourth-order valence-corrected chi connectivity index (χ4v) is 13.9. The predicted molar refractivity (Wildman–Crippen MR) is 336 cm³/mol. The maximum atomic E-state index is 7.59. The van der Waals surface area contributed by atoms with Crippen molar-refractivity contribution in [2.24, 2.45) is 0 Å². The minimum Gasteiger partial charge on any atom is -0.458 e. The molecule has 0 fully saturated rings. The molecule has 0 bridgehead atoms. The Balaban J connectivity index is 1.03. The van der Waals surface area contributed by atoms with Gasteiger partial charge in [-0.25, -0.2) is 0 Å². The number of unbranched alkanes of at least 4 members (excludes halogenated alkanes) is 2. The highest BCUT2D eigenvalue weighted by atomic mass is 127. The normalized spacial score (nSPS) is 13.3. The summed E-state index contributed by atoms with van der Waals surface area (Å²) in [5.41, 5.74) is 28.5. The van der Waals surface area contributed by atoms with Crippen LogP contribution >= 0.6 is 22.6 Å². The summed E-state index contributed by atoms with van der Waals surface area (Å²) in [7, 11) is 0. The van der Waals surface area contributed by atoms with Crippen molar-refractivity contribution in [3.63, 3.8) is 0 Å². The molecule has 0 saturated heterocycles. The van der Waals surface area contributed by atoms with Crippen molar-refractivity contribution in [3.05, 3.63) is 220 Å². The molecule has 4 aliphatic rings. The fraction of sp³-hybridized carbons (Fsp3) is 0.143. The van der Waals surface area contributed by atoms with Gasteiger partial charge in [-0.05, 0) is 207 Å². The lowest BCUT2D eigenvalue weighted by Gasteiger charge is -2.45. The molecule has 5 heterocycles. The molecular formula is C70H56B2IN3O. The molecular weight excluding hydrogens is 1050 g/mol. The van der Waals surface area contributed by atoms with E-state index >= 15 is 0 Å². The van der Waals surface area contributed by atoms with Gasteiger partial charge in [0, 0.05) is 65.7 Å². The fourth-order valence-electron chi connectivity index (χ4n) is 13.6. The van der Waals surface area contributed by atoms with Crippen LogP contribution in [0.3, 0.4) is 0 Å². The molecule has 11 aromatic rings. The molecule has 0 saturated carbocycles. The van der Waals surface area contributed by atoms with Crippen molar-refractivity contribution in [3.8, 4) is 39.4 Å². The van der Waals surface area contributed by atoms with Gasteiger partial charge >= 0.3 is 0 Å². The van der Waals surface area contributed by atoms with E-state index < -0.39 is 0 Å². The summed E-state index contributed by atoms with van der Waals surface area (Å²) in [6.07, 6.45) is 6.88. The number of aryl methyl sites for hydroxylation is 4. The molecule has 0 atom stereocenters. The van der Waals surface area contributed by atoms with Crippen molar-refractivity contribution >= 4 is 125 Å². The first kappa shape index (κ1) is 46.6. The highest BCUT2D eigenvalue weighted by molar-refractivity contribution is 14.1. The molecule has 10 aromatic carbocycles. The lowest BCUT2D eigenvalue weighted by Crippen LogP contribution is -2.64. The van der Waals surface area contributed by atoms with Gasteiger partial charge in [-0.1, -0.05) is 147 Å². The second-order valence-corrected chi connectivity index (χ2v) is 23.2. The average molecular weight is 1100 g/mol. The first-order valence-electron chi connectivity index (χ1n) is 27.8. The van der Waals surface area contributed by atoms with Gasteiger partial charge < -0.3 is 19.1 Å². The number of halogens is 1. The molecule has 4 aliphatic heterocycles.